The summed E-state index contributed by atoms with van der Waals surface area (Å²) in [5.41, 5.74) is 8.25. The van der Waals surface area contributed by atoms with Gasteiger partial charge in [0.25, 0.3) is 0 Å². The average molecular weight is 626 g/mol. The Bertz CT molecular complexity index is 2540. The third kappa shape index (κ3) is 5.22. The van der Waals surface area contributed by atoms with E-state index in [1.807, 2.05) is 121 Å². The molecule has 0 atom stereocenters. The van der Waals surface area contributed by atoms with E-state index in [2.05, 4.69) is 28.8 Å². The summed E-state index contributed by atoms with van der Waals surface area (Å²) in [6.07, 6.45) is 0. The highest BCUT2D eigenvalue weighted by atomic mass is 15.1. The van der Waals surface area contributed by atoms with Crippen LogP contribution in [0.2, 0.25) is 0 Å². The molecule has 0 radical (unpaired) electrons. The maximum absolute atomic E-state index is 9.91. The minimum atomic E-state index is 0.469. The summed E-state index contributed by atoms with van der Waals surface area (Å²) in [4.78, 5) is 15.0. The summed E-state index contributed by atoms with van der Waals surface area (Å²) in [5, 5.41) is 31.1. The van der Waals surface area contributed by atoms with E-state index in [9.17, 15) is 15.8 Å². The first-order valence-electron chi connectivity index (χ1n) is 15.5. The number of nitrogens with zero attached hydrogens (tertiary/aromatic N) is 7. The Morgan fingerprint density at radius 1 is 0.408 bits per heavy atom. The van der Waals surface area contributed by atoms with Gasteiger partial charge in [-0.25, -0.2) is 15.0 Å². The smallest absolute Gasteiger partial charge is 0.166 e. The van der Waals surface area contributed by atoms with Crippen LogP contribution >= 0.6 is 0 Å². The van der Waals surface area contributed by atoms with E-state index < -0.39 is 0 Å². The van der Waals surface area contributed by atoms with Crippen molar-refractivity contribution in [3.8, 4) is 69.2 Å². The van der Waals surface area contributed by atoms with Crippen LogP contribution in [-0.4, -0.2) is 19.5 Å². The molecule has 0 saturated heterocycles. The summed E-state index contributed by atoms with van der Waals surface area (Å²) in [7, 11) is 0. The van der Waals surface area contributed by atoms with E-state index >= 15 is 0 Å². The molecule has 7 heteroatoms. The van der Waals surface area contributed by atoms with E-state index in [4.69, 9.17) is 15.0 Å². The van der Waals surface area contributed by atoms with E-state index in [-0.39, 0.29) is 0 Å². The second-order valence-corrected chi connectivity index (χ2v) is 11.5. The molecule has 0 spiro atoms. The zero-order valence-electron chi connectivity index (χ0n) is 25.9. The molecule has 0 saturated carbocycles. The Labute approximate surface area is 281 Å². The molecule has 0 aliphatic heterocycles. The van der Waals surface area contributed by atoms with Gasteiger partial charge in [0, 0.05) is 27.5 Å². The highest BCUT2D eigenvalue weighted by Crippen LogP contribution is 2.39. The van der Waals surface area contributed by atoms with Crippen molar-refractivity contribution in [3.63, 3.8) is 0 Å². The summed E-state index contributed by atoms with van der Waals surface area (Å²) in [6.45, 7) is 0. The summed E-state index contributed by atoms with van der Waals surface area (Å²) in [5.74, 6) is 1.54. The Morgan fingerprint density at radius 2 is 0.878 bits per heavy atom. The van der Waals surface area contributed by atoms with Gasteiger partial charge in [0.15, 0.2) is 17.5 Å². The molecule has 6 aromatic carbocycles. The number of hydrogen-bond acceptors (Lipinski definition) is 6. The fourth-order valence-corrected chi connectivity index (χ4v) is 6.17. The number of benzene rings is 6. The predicted octanol–water partition coefficient (Wildman–Crippen LogP) is 9.25. The lowest BCUT2D eigenvalue weighted by Gasteiger charge is -2.16. The van der Waals surface area contributed by atoms with E-state index in [0.717, 1.165) is 55.3 Å². The molecule has 0 bridgehead atoms. The van der Waals surface area contributed by atoms with Crippen molar-refractivity contribution in [1.82, 2.24) is 19.5 Å². The van der Waals surface area contributed by atoms with Crippen LogP contribution in [0.25, 0.3) is 72.8 Å². The molecule has 0 amide bonds. The van der Waals surface area contributed by atoms with E-state index in [1.54, 1.807) is 12.1 Å². The molecule has 2 heterocycles. The van der Waals surface area contributed by atoms with Gasteiger partial charge in [0.1, 0.15) is 0 Å². The molecule has 8 rings (SSSR count). The molecule has 8 aromatic rings. The van der Waals surface area contributed by atoms with Crippen LogP contribution in [0.1, 0.15) is 16.7 Å². The Hall–Kier alpha value is -7.40. The molecule has 2 aromatic heterocycles. The Kier molecular flexibility index (Phi) is 7.16. The lowest BCUT2D eigenvalue weighted by molar-refractivity contribution is 1.06. The van der Waals surface area contributed by atoms with Crippen LogP contribution in [0.3, 0.4) is 0 Å². The van der Waals surface area contributed by atoms with Crippen molar-refractivity contribution in [2.75, 3.05) is 0 Å². The van der Waals surface area contributed by atoms with Crippen LogP contribution in [-0.2, 0) is 0 Å². The largest absolute Gasteiger partial charge is 0.308 e. The van der Waals surface area contributed by atoms with Gasteiger partial charge >= 0.3 is 0 Å². The molecule has 226 valence electrons. The van der Waals surface area contributed by atoms with Gasteiger partial charge in [-0.3, -0.25) is 0 Å². The third-order valence-corrected chi connectivity index (χ3v) is 8.55. The van der Waals surface area contributed by atoms with Gasteiger partial charge in [-0.15, -0.1) is 0 Å². The van der Waals surface area contributed by atoms with Gasteiger partial charge in [-0.2, -0.15) is 15.8 Å². The maximum atomic E-state index is 9.91. The van der Waals surface area contributed by atoms with E-state index in [0.29, 0.717) is 34.2 Å². The number of nitriles is 3. The summed E-state index contributed by atoms with van der Waals surface area (Å²) in [6, 6.07) is 51.2. The Morgan fingerprint density at radius 3 is 1.39 bits per heavy atom. The summed E-state index contributed by atoms with van der Waals surface area (Å²) >= 11 is 0. The van der Waals surface area contributed by atoms with Crippen molar-refractivity contribution in [3.05, 3.63) is 156 Å². The quantitative estimate of drug-likeness (QED) is 0.188. The molecule has 0 fully saturated rings. The number of fused-ring (bicyclic) bond motifs is 3. The molecular weight excluding hydrogens is 603 g/mol. The predicted molar refractivity (Wildman–Crippen MR) is 190 cm³/mol. The van der Waals surface area contributed by atoms with Crippen LogP contribution in [0, 0.1) is 34.0 Å². The number of aromatic nitrogens is 4. The molecule has 49 heavy (non-hydrogen) atoms. The Balaban J connectivity index is 1.48. The maximum Gasteiger partial charge on any atom is 0.166 e. The topological polar surface area (TPSA) is 115 Å². The molecule has 0 aliphatic rings. The monoisotopic (exact) mass is 625 g/mol. The van der Waals surface area contributed by atoms with E-state index in [1.165, 1.54) is 0 Å². The SMILES string of the molecule is N#Cc1ccc(-c2ccc(-c3nc(-c4ccccc4)nc(-c4ccccc4)n3)c(-n3c4cc(C#N)ccc4c4ccc(C#N)cc43)c2)cc1. The van der Waals surface area contributed by atoms with Gasteiger partial charge < -0.3 is 4.57 Å². The van der Waals surface area contributed by atoms with Crippen molar-refractivity contribution < 1.29 is 0 Å². The first-order valence-corrected chi connectivity index (χ1v) is 15.5. The van der Waals surface area contributed by atoms with Crippen LogP contribution in [0.4, 0.5) is 0 Å². The standard InChI is InChI=1S/C42H23N7/c43-24-27-11-15-30(16-12-27)33-17-20-36(42-47-40(31-7-3-1-4-8-31)46-41(48-42)32-9-5-2-6-10-32)39(23-33)49-37-21-28(25-44)13-18-34(37)35-19-14-29(26-45)22-38(35)49/h1-23H. The van der Waals surface area contributed by atoms with Gasteiger partial charge in [0.05, 0.1) is 51.6 Å². The van der Waals surface area contributed by atoms with Crippen molar-refractivity contribution in [2.24, 2.45) is 0 Å². The second-order valence-electron chi connectivity index (χ2n) is 11.5. The minimum Gasteiger partial charge on any atom is -0.308 e. The highest BCUT2D eigenvalue weighted by molar-refractivity contribution is 6.10. The highest BCUT2D eigenvalue weighted by Gasteiger charge is 2.21. The van der Waals surface area contributed by atoms with Crippen molar-refractivity contribution >= 4 is 21.8 Å². The molecule has 0 N–H and O–H groups in total. The zero-order valence-corrected chi connectivity index (χ0v) is 25.9. The first-order chi connectivity index (χ1) is 24.1. The second kappa shape index (κ2) is 12.1. The third-order valence-electron chi connectivity index (χ3n) is 8.55. The van der Waals surface area contributed by atoms with Crippen molar-refractivity contribution in [1.29, 1.82) is 15.8 Å². The van der Waals surface area contributed by atoms with Crippen LogP contribution in [0.15, 0.2) is 140 Å². The lowest BCUT2D eigenvalue weighted by Crippen LogP contribution is -2.04. The van der Waals surface area contributed by atoms with Gasteiger partial charge in [-0.05, 0) is 59.7 Å². The van der Waals surface area contributed by atoms with Crippen LogP contribution in [0.5, 0.6) is 0 Å². The number of rotatable bonds is 5. The van der Waals surface area contributed by atoms with Crippen LogP contribution < -0.4 is 0 Å². The number of hydrogen-bond donors (Lipinski definition) is 0. The zero-order chi connectivity index (χ0) is 33.3. The molecule has 7 nitrogen and oxygen atoms in total. The normalized spacial score (nSPS) is 10.8. The van der Waals surface area contributed by atoms with Gasteiger partial charge in [-0.1, -0.05) is 91.0 Å². The minimum absolute atomic E-state index is 0.469. The molecule has 0 aliphatic carbocycles. The van der Waals surface area contributed by atoms with Crippen molar-refractivity contribution in [2.45, 2.75) is 0 Å². The summed E-state index contributed by atoms with van der Waals surface area (Å²) < 4.78 is 2.09. The lowest BCUT2D eigenvalue weighted by atomic mass is 10.00. The average Bonchev–Trinajstić information content (AvgIpc) is 3.50. The molecular formula is C42H23N7. The first kappa shape index (κ1) is 29.0. The van der Waals surface area contributed by atoms with Gasteiger partial charge in [0.2, 0.25) is 0 Å². The fraction of sp³-hybridized carbons (Fsp3) is 0. The fourth-order valence-electron chi connectivity index (χ4n) is 6.17. The molecule has 0 unspecified atom stereocenters.